The van der Waals surface area contributed by atoms with E-state index in [9.17, 15) is 0 Å². The Morgan fingerprint density at radius 1 is 1.43 bits per heavy atom. The Kier molecular flexibility index (Phi) is 5.56. The number of nitrogens with zero attached hydrogens (tertiary/aromatic N) is 2. The molecular formula is C16H28N4O. The Bertz CT molecular complexity index is 448. The molecule has 2 atom stereocenters. The number of pyridine rings is 1. The van der Waals surface area contributed by atoms with Crippen molar-refractivity contribution in [2.45, 2.75) is 38.8 Å². The van der Waals surface area contributed by atoms with Crippen LogP contribution in [0.4, 0.5) is 5.69 Å². The number of morpholine rings is 1. The number of anilines is 1. The lowest BCUT2D eigenvalue weighted by molar-refractivity contribution is -0.0326. The number of aromatic nitrogens is 1. The van der Waals surface area contributed by atoms with Gasteiger partial charge in [0.15, 0.2) is 0 Å². The Hall–Kier alpha value is -1.17. The molecule has 118 valence electrons. The van der Waals surface area contributed by atoms with Crippen molar-refractivity contribution in [1.82, 2.24) is 15.2 Å². The summed E-state index contributed by atoms with van der Waals surface area (Å²) in [5.41, 5.74) is 8.11. The molecule has 1 saturated heterocycles. The number of hydrogen-bond donors (Lipinski definition) is 2. The highest BCUT2D eigenvalue weighted by atomic mass is 16.5. The molecule has 0 bridgehead atoms. The van der Waals surface area contributed by atoms with Crippen LogP contribution in [-0.4, -0.2) is 48.3 Å². The van der Waals surface area contributed by atoms with Crippen LogP contribution >= 0.6 is 0 Å². The first-order chi connectivity index (χ1) is 10.1. The van der Waals surface area contributed by atoms with E-state index in [0.29, 0.717) is 0 Å². The van der Waals surface area contributed by atoms with Crippen molar-refractivity contribution in [2.75, 3.05) is 38.6 Å². The van der Waals surface area contributed by atoms with Gasteiger partial charge in [0.2, 0.25) is 0 Å². The van der Waals surface area contributed by atoms with E-state index < -0.39 is 0 Å². The Balaban J connectivity index is 2.35. The van der Waals surface area contributed by atoms with Crippen LogP contribution in [0.15, 0.2) is 18.5 Å². The molecule has 1 aliphatic rings. The first kappa shape index (κ1) is 16.2. The summed E-state index contributed by atoms with van der Waals surface area (Å²) in [6.45, 7) is 11.1. The molecule has 1 aliphatic heterocycles. The molecule has 0 aromatic carbocycles. The normalized spacial score (nSPS) is 20.9. The molecular weight excluding hydrogens is 264 g/mol. The third-order valence-electron chi connectivity index (χ3n) is 4.68. The van der Waals surface area contributed by atoms with E-state index in [4.69, 9.17) is 10.5 Å². The van der Waals surface area contributed by atoms with Crippen molar-refractivity contribution < 1.29 is 4.74 Å². The second-order valence-electron chi connectivity index (χ2n) is 5.81. The Morgan fingerprint density at radius 2 is 2.14 bits per heavy atom. The number of hydrogen-bond acceptors (Lipinski definition) is 5. The van der Waals surface area contributed by atoms with Gasteiger partial charge in [-0.1, -0.05) is 13.8 Å². The number of nitrogen functional groups attached to an aromatic ring is 1. The van der Waals surface area contributed by atoms with Gasteiger partial charge in [-0.15, -0.1) is 0 Å². The fourth-order valence-corrected chi connectivity index (χ4v) is 3.21. The molecule has 0 amide bonds. The number of nitrogens with two attached hydrogens (primary N) is 1. The fraction of sp³-hybridized carbons (Fsp3) is 0.688. The molecule has 3 N–H and O–H groups in total. The summed E-state index contributed by atoms with van der Waals surface area (Å²) in [4.78, 5) is 6.80. The average molecular weight is 292 g/mol. The van der Waals surface area contributed by atoms with Gasteiger partial charge < -0.3 is 15.8 Å². The van der Waals surface area contributed by atoms with Crippen molar-refractivity contribution in [3.8, 4) is 0 Å². The summed E-state index contributed by atoms with van der Waals surface area (Å²) in [6.07, 6.45) is 4.69. The predicted molar refractivity (Wildman–Crippen MR) is 86.2 cm³/mol. The SMILES string of the molecule is CCNC(c1cnccc1N)C(C)(CC)N1CCOCC1. The van der Waals surface area contributed by atoms with Crippen molar-refractivity contribution >= 4 is 5.69 Å². The second-order valence-corrected chi connectivity index (χ2v) is 5.81. The van der Waals surface area contributed by atoms with E-state index in [1.54, 1.807) is 6.20 Å². The quantitative estimate of drug-likeness (QED) is 0.837. The van der Waals surface area contributed by atoms with Crippen molar-refractivity contribution in [3.05, 3.63) is 24.0 Å². The van der Waals surface area contributed by atoms with Gasteiger partial charge in [-0.3, -0.25) is 9.88 Å². The van der Waals surface area contributed by atoms with Gasteiger partial charge in [0, 0.05) is 42.3 Å². The van der Waals surface area contributed by atoms with Gasteiger partial charge in [-0.2, -0.15) is 0 Å². The number of nitrogens with one attached hydrogen (secondary N) is 1. The molecule has 2 heterocycles. The van der Waals surface area contributed by atoms with Crippen LogP contribution < -0.4 is 11.1 Å². The van der Waals surface area contributed by atoms with Crippen LogP contribution in [0.2, 0.25) is 0 Å². The minimum atomic E-state index is -0.00303. The van der Waals surface area contributed by atoms with Crippen molar-refractivity contribution in [3.63, 3.8) is 0 Å². The lowest BCUT2D eigenvalue weighted by Crippen LogP contribution is -2.57. The lowest BCUT2D eigenvalue weighted by atomic mass is 9.82. The van der Waals surface area contributed by atoms with Crippen LogP contribution in [0, 0.1) is 0 Å². The average Bonchev–Trinajstić information content (AvgIpc) is 2.53. The van der Waals surface area contributed by atoms with Gasteiger partial charge >= 0.3 is 0 Å². The molecule has 5 nitrogen and oxygen atoms in total. The summed E-state index contributed by atoms with van der Waals surface area (Å²) in [7, 11) is 0. The van der Waals surface area contributed by atoms with Crippen LogP contribution in [-0.2, 0) is 4.74 Å². The summed E-state index contributed by atoms with van der Waals surface area (Å²) in [6, 6.07) is 2.05. The minimum Gasteiger partial charge on any atom is -0.398 e. The van der Waals surface area contributed by atoms with E-state index >= 15 is 0 Å². The maximum atomic E-state index is 6.21. The lowest BCUT2D eigenvalue weighted by Gasteiger charge is -2.48. The molecule has 21 heavy (non-hydrogen) atoms. The monoisotopic (exact) mass is 292 g/mol. The van der Waals surface area contributed by atoms with Gasteiger partial charge in [-0.25, -0.2) is 0 Å². The maximum Gasteiger partial charge on any atom is 0.0594 e. The van der Waals surface area contributed by atoms with Crippen LogP contribution in [0.3, 0.4) is 0 Å². The molecule has 0 spiro atoms. The molecule has 2 unspecified atom stereocenters. The van der Waals surface area contributed by atoms with E-state index in [1.165, 1.54) is 0 Å². The third kappa shape index (κ3) is 3.36. The van der Waals surface area contributed by atoms with E-state index in [0.717, 1.165) is 50.5 Å². The topological polar surface area (TPSA) is 63.4 Å². The third-order valence-corrected chi connectivity index (χ3v) is 4.68. The Morgan fingerprint density at radius 3 is 2.71 bits per heavy atom. The zero-order chi connectivity index (χ0) is 15.3. The second kappa shape index (κ2) is 7.20. The molecule has 2 rings (SSSR count). The summed E-state index contributed by atoms with van der Waals surface area (Å²) < 4.78 is 5.51. The summed E-state index contributed by atoms with van der Waals surface area (Å²) in [5.74, 6) is 0. The molecule has 0 aliphatic carbocycles. The molecule has 0 saturated carbocycles. The highest BCUT2D eigenvalue weighted by Crippen LogP contribution is 2.36. The number of rotatable bonds is 6. The van der Waals surface area contributed by atoms with Crippen LogP contribution in [0.1, 0.15) is 38.8 Å². The zero-order valence-electron chi connectivity index (χ0n) is 13.4. The Labute approximate surface area is 127 Å². The summed E-state index contributed by atoms with van der Waals surface area (Å²) >= 11 is 0. The predicted octanol–water partition coefficient (Wildman–Crippen LogP) is 1.82. The van der Waals surface area contributed by atoms with Gasteiger partial charge in [0.25, 0.3) is 0 Å². The standard InChI is InChI=1S/C16H28N4O/c1-4-16(3,20-8-10-21-11-9-20)15(19-5-2)13-12-18-7-6-14(13)17/h6-7,12,15,19H,4-5,8-11H2,1-3H3,(H2,17,18). The molecule has 1 fully saturated rings. The first-order valence-electron chi connectivity index (χ1n) is 7.89. The minimum absolute atomic E-state index is 0.00303. The smallest absolute Gasteiger partial charge is 0.0594 e. The maximum absolute atomic E-state index is 6.21. The first-order valence-corrected chi connectivity index (χ1v) is 7.89. The molecule has 1 aromatic heterocycles. The fourth-order valence-electron chi connectivity index (χ4n) is 3.21. The highest BCUT2D eigenvalue weighted by Gasteiger charge is 2.40. The van der Waals surface area contributed by atoms with Crippen molar-refractivity contribution in [1.29, 1.82) is 0 Å². The largest absolute Gasteiger partial charge is 0.398 e. The number of ether oxygens (including phenoxy) is 1. The molecule has 0 radical (unpaired) electrons. The number of likely N-dealkylation sites (N-methyl/N-ethyl adjacent to an activating group) is 1. The molecule has 5 heteroatoms. The zero-order valence-corrected chi connectivity index (χ0v) is 13.4. The van der Waals surface area contributed by atoms with Crippen LogP contribution in [0.5, 0.6) is 0 Å². The molecule has 1 aromatic rings. The van der Waals surface area contributed by atoms with Gasteiger partial charge in [0.1, 0.15) is 0 Å². The summed E-state index contributed by atoms with van der Waals surface area (Å²) in [5, 5.41) is 3.63. The van der Waals surface area contributed by atoms with E-state index in [2.05, 4.69) is 36.0 Å². The van der Waals surface area contributed by atoms with Crippen molar-refractivity contribution in [2.24, 2.45) is 0 Å². The highest BCUT2D eigenvalue weighted by molar-refractivity contribution is 5.47. The van der Waals surface area contributed by atoms with E-state index in [1.807, 2.05) is 12.3 Å². The van der Waals surface area contributed by atoms with E-state index in [-0.39, 0.29) is 11.6 Å². The van der Waals surface area contributed by atoms with Gasteiger partial charge in [0.05, 0.1) is 19.3 Å². The van der Waals surface area contributed by atoms with Gasteiger partial charge in [-0.05, 0) is 26.0 Å². The van der Waals surface area contributed by atoms with Crippen LogP contribution in [0.25, 0.3) is 0 Å².